The van der Waals surface area contributed by atoms with Crippen molar-refractivity contribution in [3.8, 4) is 0 Å². The molecule has 0 aliphatic carbocycles. The first-order valence-electron chi connectivity index (χ1n) is 7.43. The highest BCUT2D eigenvalue weighted by Gasteiger charge is 2.19. The van der Waals surface area contributed by atoms with E-state index in [1.807, 2.05) is 0 Å². The number of carbonyl (C=O) groups is 2. The van der Waals surface area contributed by atoms with Crippen LogP contribution in [0.15, 0.2) is 54.5 Å². The lowest BCUT2D eigenvalue weighted by Crippen LogP contribution is -2.35. The van der Waals surface area contributed by atoms with Gasteiger partial charge in [-0.25, -0.2) is 17.5 Å². The molecule has 25 heavy (non-hydrogen) atoms. The van der Waals surface area contributed by atoms with Crippen LogP contribution in [0.4, 0.5) is 0 Å². The molecule has 0 saturated carbocycles. The van der Waals surface area contributed by atoms with Crippen LogP contribution in [0.25, 0.3) is 0 Å². The number of benzene rings is 1. The van der Waals surface area contributed by atoms with Gasteiger partial charge in [-0.1, -0.05) is 12.2 Å². The van der Waals surface area contributed by atoms with Crippen LogP contribution in [-0.4, -0.2) is 63.3 Å². The molecule has 0 unspecified atom stereocenters. The van der Waals surface area contributed by atoms with E-state index in [0.29, 0.717) is 13.1 Å². The fourth-order valence-corrected chi connectivity index (χ4v) is 2.77. The lowest BCUT2D eigenvalue weighted by atomic mass is 10.2. The maximum absolute atomic E-state index is 12.0. The molecule has 0 N–H and O–H groups in total. The van der Waals surface area contributed by atoms with Gasteiger partial charge < -0.3 is 9.64 Å². The number of sulfonamides is 1. The molecule has 0 spiro atoms. The summed E-state index contributed by atoms with van der Waals surface area (Å²) in [6.45, 7) is 7.34. The summed E-state index contributed by atoms with van der Waals surface area (Å²) in [6.07, 6.45) is 3.13. The van der Waals surface area contributed by atoms with Gasteiger partial charge in [0.15, 0.2) is 6.61 Å². The van der Waals surface area contributed by atoms with Gasteiger partial charge in [-0.15, -0.1) is 13.2 Å². The number of hydrogen-bond donors (Lipinski definition) is 0. The quantitative estimate of drug-likeness (QED) is 0.486. The average molecular weight is 366 g/mol. The summed E-state index contributed by atoms with van der Waals surface area (Å²) in [5.74, 6) is -1.08. The zero-order valence-corrected chi connectivity index (χ0v) is 15.2. The molecule has 0 atom stereocenters. The van der Waals surface area contributed by atoms with Crippen molar-refractivity contribution in [3.63, 3.8) is 0 Å². The summed E-state index contributed by atoms with van der Waals surface area (Å²) < 4.78 is 30.0. The zero-order valence-electron chi connectivity index (χ0n) is 14.3. The van der Waals surface area contributed by atoms with Gasteiger partial charge >= 0.3 is 5.97 Å². The molecule has 1 rings (SSSR count). The molecule has 0 radical (unpaired) electrons. The van der Waals surface area contributed by atoms with E-state index >= 15 is 0 Å². The normalized spacial score (nSPS) is 11.0. The SMILES string of the molecule is C=CCN(CC=C)C(=O)COC(=O)c1ccc(S(=O)(=O)N(C)C)cc1. The summed E-state index contributed by atoms with van der Waals surface area (Å²) in [5.41, 5.74) is 0.157. The number of nitrogens with zero attached hydrogens (tertiary/aromatic N) is 2. The Balaban J connectivity index is 2.74. The van der Waals surface area contributed by atoms with Crippen LogP contribution in [-0.2, 0) is 19.6 Å². The summed E-state index contributed by atoms with van der Waals surface area (Å²) in [4.78, 5) is 25.5. The van der Waals surface area contributed by atoms with Crippen molar-refractivity contribution in [3.05, 3.63) is 55.1 Å². The molecule has 1 aromatic rings. The fourth-order valence-electron chi connectivity index (χ4n) is 1.87. The third kappa shape index (κ3) is 5.54. The number of rotatable bonds is 9. The minimum Gasteiger partial charge on any atom is -0.452 e. The van der Waals surface area contributed by atoms with Crippen LogP contribution in [0, 0.1) is 0 Å². The Hall–Kier alpha value is -2.45. The van der Waals surface area contributed by atoms with E-state index in [2.05, 4.69) is 13.2 Å². The smallest absolute Gasteiger partial charge is 0.338 e. The average Bonchev–Trinajstić information content (AvgIpc) is 2.59. The second-order valence-corrected chi connectivity index (χ2v) is 7.42. The lowest BCUT2D eigenvalue weighted by molar-refractivity contribution is -0.133. The van der Waals surface area contributed by atoms with Crippen molar-refractivity contribution in [2.75, 3.05) is 33.8 Å². The van der Waals surface area contributed by atoms with Crippen LogP contribution < -0.4 is 0 Å². The highest BCUT2D eigenvalue weighted by molar-refractivity contribution is 7.89. The third-order valence-corrected chi connectivity index (χ3v) is 5.08. The van der Waals surface area contributed by atoms with Crippen LogP contribution in [0.1, 0.15) is 10.4 Å². The predicted octanol–water partition coefficient (Wildman–Crippen LogP) is 1.29. The fraction of sp³-hybridized carbons (Fsp3) is 0.294. The maximum Gasteiger partial charge on any atom is 0.338 e. The van der Waals surface area contributed by atoms with Gasteiger partial charge in [-0.3, -0.25) is 4.79 Å². The maximum atomic E-state index is 12.0. The molecular weight excluding hydrogens is 344 g/mol. The molecule has 0 heterocycles. The Morgan fingerprint density at radius 1 is 1.08 bits per heavy atom. The first-order valence-corrected chi connectivity index (χ1v) is 8.87. The highest BCUT2D eigenvalue weighted by atomic mass is 32.2. The number of carbonyl (C=O) groups excluding carboxylic acids is 2. The van der Waals surface area contributed by atoms with Gasteiger partial charge in [0.05, 0.1) is 10.5 Å². The molecule has 0 aromatic heterocycles. The van der Waals surface area contributed by atoms with Crippen molar-refractivity contribution in [2.24, 2.45) is 0 Å². The topological polar surface area (TPSA) is 84.0 Å². The molecule has 0 aliphatic rings. The summed E-state index contributed by atoms with van der Waals surface area (Å²) in [6, 6.07) is 5.31. The minimum absolute atomic E-state index is 0.0632. The van der Waals surface area contributed by atoms with Crippen LogP contribution >= 0.6 is 0 Å². The standard InChI is InChI=1S/C17H22N2O5S/c1-5-11-19(12-6-2)16(20)13-24-17(21)14-7-9-15(10-8-14)25(22,23)18(3)4/h5-10H,1-2,11-13H2,3-4H3. The first-order chi connectivity index (χ1) is 11.7. The van der Waals surface area contributed by atoms with Crippen LogP contribution in [0.5, 0.6) is 0 Å². The molecule has 1 aromatic carbocycles. The molecule has 8 heteroatoms. The second-order valence-electron chi connectivity index (χ2n) is 5.26. The van der Waals surface area contributed by atoms with Crippen molar-refractivity contribution in [1.82, 2.24) is 9.21 Å². The monoisotopic (exact) mass is 366 g/mol. The molecule has 7 nitrogen and oxygen atoms in total. The summed E-state index contributed by atoms with van der Waals surface area (Å²) >= 11 is 0. The van der Waals surface area contributed by atoms with Gasteiger partial charge in [-0.2, -0.15) is 0 Å². The van der Waals surface area contributed by atoms with Crippen LogP contribution in [0.3, 0.4) is 0 Å². The summed E-state index contributed by atoms with van der Waals surface area (Å²) in [7, 11) is -0.731. The van der Waals surface area contributed by atoms with E-state index < -0.39 is 22.6 Å². The van der Waals surface area contributed by atoms with E-state index in [1.165, 1.54) is 43.3 Å². The van der Waals surface area contributed by atoms with Gasteiger partial charge in [0.1, 0.15) is 0 Å². The van der Waals surface area contributed by atoms with Crippen molar-refractivity contribution in [2.45, 2.75) is 4.90 Å². The molecule has 0 bridgehead atoms. The van der Waals surface area contributed by atoms with Gasteiger partial charge in [0.2, 0.25) is 10.0 Å². The Kier molecular flexibility index (Phi) is 7.53. The van der Waals surface area contributed by atoms with Crippen molar-refractivity contribution >= 4 is 21.9 Å². The summed E-state index contributed by atoms with van der Waals surface area (Å²) in [5, 5.41) is 0. The number of ether oxygens (including phenoxy) is 1. The Bertz CT molecular complexity index is 729. The predicted molar refractivity (Wildman–Crippen MR) is 94.6 cm³/mol. The Morgan fingerprint density at radius 2 is 1.60 bits per heavy atom. The number of amides is 1. The first kappa shape index (κ1) is 20.6. The van der Waals surface area contributed by atoms with Crippen molar-refractivity contribution < 1.29 is 22.7 Å². The molecule has 0 aliphatic heterocycles. The molecule has 0 fully saturated rings. The van der Waals surface area contributed by atoms with Gasteiger partial charge in [0.25, 0.3) is 5.91 Å². The largest absolute Gasteiger partial charge is 0.452 e. The molecular formula is C17H22N2O5S. The van der Waals surface area contributed by atoms with E-state index in [1.54, 1.807) is 12.2 Å². The molecule has 1 amide bonds. The molecule has 0 saturated heterocycles. The Labute approximate surface area is 148 Å². The van der Waals surface area contributed by atoms with E-state index in [0.717, 1.165) is 4.31 Å². The van der Waals surface area contributed by atoms with Gasteiger partial charge in [0, 0.05) is 27.2 Å². The van der Waals surface area contributed by atoms with E-state index in [9.17, 15) is 18.0 Å². The van der Waals surface area contributed by atoms with Crippen LogP contribution in [0.2, 0.25) is 0 Å². The molecule has 136 valence electrons. The van der Waals surface area contributed by atoms with E-state index in [-0.39, 0.29) is 16.4 Å². The lowest BCUT2D eigenvalue weighted by Gasteiger charge is -2.19. The Morgan fingerprint density at radius 3 is 2.04 bits per heavy atom. The van der Waals surface area contributed by atoms with Crippen molar-refractivity contribution in [1.29, 1.82) is 0 Å². The third-order valence-electron chi connectivity index (χ3n) is 3.25. The number of esters is 1. The van der Waals surface area contributed by atoms with Gasteiger partial charge in [-0.05, 0) is 24.3 Å². The zero-order chi connectivity index (χ0) is 19.0. The van der Waals surface area contributed by atoms with E-state index in [4.69, 9.17) is 4.74 Å². The highest BCUT2D eigenvalue weighted by Crippen LogP contribution is 2.14. The second kappa shape index (κ2) is 9.14. The minimum atomic E-state index is -3.57. The number of hydrogen-bond acceptors (Lipinski definition) is 5.